The van der Waals surface area contributed by atoms with Crippen molar-refractivity contribution in [3.8, 4) is 0 Å². The Morgan fingerprint density at radius 1 is 1.00 bits per heavy atom. The molecule has 0 atom stereocenters. The molecule has 0 aliphatic rings. The topological polar surface area (TPSA) is 17.1 Å². The van der Waals surface area contributed by atoms with Crippen LogP contribution < -0.4 is 0 Å². The summed E-state index contributed by atoms with van der Waals surface area (Å²) < 4.78 is 0. The van der Waals surface area contributed by atoms with Crippen LogP contribution in [0.15, 0.2) is 42.5 Å². The maximum absolute atomic E-state index is 12.1. The van der Waals surface area contributed by atoms with E-state index in [4.69, 9.17) is 0 Å². The van der Waals surface area contributed by atoms with E-state index in [0.717, 1.165) is 29.5 Å². The molecule has 0 N–H and O–H groups in total. The van der Waals surface area contributed by atoms with Crippen LogP contribution in [-0.2, 0) is 0 Å². The highest BCUT2D eigenvalue weighted by Crippen LogP contribution is 2.18. The van der Waals surface area contributed by atoms with E-state index in [0.29, 0.717) is 6.42 Å². The van der Waals surface area contributed by atoms with Gasteiger partial charge in [-0.1, -0.05) is 53.0 Å². The summed E-state index contributed by atoms with van der Waals surface area (Å²) in [6.45, 7) is 0. The van der Waals surface area contributed by atoms with Gasteiger partial charge in [-0.3, -0.25) is 4.79 Å². The van der Waals surface area contributed by atoms with E-state index < -0.39 is 0 Å². The molecular formula is C16H17BrOS. The Kier molecular flexibility index (Phi) is 5.93. The molecule has 2 rings (SSSR count). The molecule has 0 fully saturated rings. The molecular weight excluding hydrogens is 320 g/mol. The minimum absolute atomic E-state index is 0.261. The van der Waals surface area contributed by atoms with Crippen LogP contribution in [0.4, 0.5) is 0 Å². The van der Waals surface area contributed by atoms with Crippen molar-refractivity contribution in [3.05, 3.63) is 48.0 Å². The summed E-state index contributed by atoms with van der Waals surface area (Å²) >= 11 is 3.34. The standard InChI is InChI=1S/C16H17BrOS/c17-19-11-5-1-2-8-16(18)15-10-9-13-6-3-4-7-14(13)12-15/h3-4,6-7,9-10,12H,1-2,5,8,11H2. The zero-order chi connectivity index (χ0) is 13.5. The molecule has 0 saturated heterocycles. The van der Waals surface area contributed by atoms with Gasteiger partial charge in [0.1, 0.15) is 0 Å². The van der Waals surface area contributed by atoms with Gasteiger partial charge in [-0.2, -0.15) is 0 Å². The highest BCUT2D eigenvalue weighted by molar-refractivity contribution is 9.50. The number of ketones is 1. The van der Waals surface area contributed by atoms with Gasteiger partial charge in [-0.15, -0.1) is 0 Å². The van der Waals surface area contributed by atoms with Crippen LogP contribution >= 0.6 is 25.0 Å². The van der Waals surface area contributed by atoms with Gasteiger partial charge in [0.2, 0.25) is 0 Å². The third-order valence-corrected chi connectivity index (χ3v) is 4.61. The van der Waals surface area contributed by atoms with Crippen LogP contribution in [0.1, 0.15) is 36.0 Å². The Morgan fingerprint density at radius 2 is 1.79 bits per heavy atom. The summed E-state index contributed by atoms with van der Waals surface area (Å²) in [6.07, 6.45) is 3.93. The summed E-state index contributed by atoms with van der Waals surface area (Å²) in [5.41, 5.74) is 0.841. The van der Waals surface area contributed by atoms with Crippen molar-refractivity contribution in [3.63, 3.8) is 0 Å². The van der Waals surface area contributed by atoms with Crippen LogP contribution in [0.25, 0.3) is 10.8 Å². The van der Waals surface area contributed by atoms with E-state index in [9.17, 15) is 4.79 Å². The predicted octanol–water partition coefficient (Wildman–Crippen LogP) is 5.63. The van der Waals surface area contributed by atoms with Crippen molar-refractivity contribution in [2.45, 2.75) is 25.7 Å². The van der Waals surface area contributed by atoms with Gasteiger partial charge in [0.05, 0.1) is 0 Å². The third-order valence-electron chi connectivity index (χ3n) is 3.20. The van der Waals surface area contributed by atoms with Gasteiger partial charge in [0, 0.05) is 17.7 Å². The monoisotopic (exact) mass is 336 g/mol. The van der Waals surface area contributed by atoms with Crippen molar-refractivity contribution in [2.24, 2.45) is 0 Å². The lowest BCUT2D eigenvalue weighted by Gasteiger charge is -2.03. The van der Waals surface area contributed by atoms with Gasteiger partial charge in [-0.05, 0) is 44.5 Å². The summed E-state index contributed by atoms with van der Waals surface area (Å²) in [4.78, 5) is 12.1. The van der Waals surface area contributed by atoms with Crippen molar-refractivity contribution in [1.29, 1.82) is 0 Å². The average Bonchev–Trinajstić information content (AvgIpc) is 2.46. The van der Waals surface area contributed by atoms with Crippen LogP contribution in [0, 0.1) is 0 Å². The minimum Gasteiger partial charge on any atom is -0.294 e. The molecule has 2 aromatic rings. The fourth-order valence-corrected chi connectivity index (χ4v) is 3.13. The highest BCUT2D eigenvalue weighted by atomic mass is 79.9. The number of unbranched alkanes of at least 4 members (excludes halogenated alkanes) is 2. The summed E-state index contributed by atoms with van der Waals surface area (Å²) in [7, 11) is 1.69. The number of hydrogen-bond donors (Lipinski definition) is 0. The van der Waals surface area contributed by atoms with Gasteiger partial charge >= 0.3 is 0 Å². The molecule has 0 aromatic heterocycles. The number of carbonyl (C=O) groups excluding carboxylic acids is 1. The third kappa shape index (κ3) is 4.36. The second-order valence-electron chi connectivity index (χ2n) is 4.61. The number of benzene rings is 2. The molecule has 0 bridgehead atoms. The summed E-state index contributed by atoms with van der Waals surface area (Å²) in [6, 6.07) is 14.1. The molecule has 3 heteroatoms. The molecule has 0 radical (unpaired) electrons. The van der Waals surface area contributed by atoms with E-state index in [1.54, 1.807) is 10.2 Å². The lowest BCUT2D eigenvalue weighted by molar-refractivity contribution is 0.0979. The fraction of sp³-hybridized carbons (Fsp3) is 0.312. The van der Waals surface area contributed by atoms with Gasteiger partial charge in [-0.25, -0.2) is 0 Å². The fourth-order valence-electron chi connectivity index (χ4n) is 2.13. The Balaban J connectivity index is 1.93. The molecule has 0 saturated carbocycles. The number of rotatable bonds is 7. The van der Waals surface area contributed by atoms with Crippen LogP contribution in [0.2, 0.25) is 0 Å². The number of Topliss-reactive ketones (excluding diaryl/α,β-unsaturated/α-hetero) is 1. The first-order valence-electron chi connectivity index (χ1n) is 6.57. The van der Waals surface area contributed by atoms with E-state index in [1.807, 2.05) is 30.3 Å². The maximum Gasteiger partial charge on any atom is 0.162 e. The van der Waals surface area contributed by atoms with Crippen molar-refractivity contribution in [1.82, 2.24) is 0 Å². The zero-order valence-electron chi connectivity index (χ0n) is 10.8. The molecule has 0 spiro atoms. The molecule has 1 nitrogen and oxygen atoms in total. The number of hydrogen-bond acceptors (Lipinski definition) is 2. The summed E-state index contributed by atoms with van der Waals surface area (Å²) in [5.74, 6) is 1.38. The first-order chi connectivity index (χ1) is 9.31. The Labute approximate surface area is 126 Å². The van der Waals surface area contributed by atoms with Gasteiger partial charge in [0.25, 0.3) is 0 Å². The van der Waals surface area contributed by atoms with Crippen molar-refractivity contribution >= 4 is 41.6 Å². The molecule has 0 aliphatic carbocycles. The van der Waals surface area contributed by atoms with Gasteiger partial charge < -0.3 is 0 Å². The number of halogens is 1. The molecule has 0 aliphatic heterocycles. The normalized spacial score (nSPS) is 10.8. The van der Waals surface area contributed by atoms with Crippen LogP contribution in [0.5, 0.6) is 0 Å². The SMILES string of the molecule is O=C(CCCCCSBr)c1ccc2ccccc2c1. The van der Waals surface area contributed by atoms with Crippen LogP contribution in [0.3, 0.4) is 0 Å². The number of carbonyl (C=O) groups is 1. The highest BCUT2D eigenvalue weighted by Gasteiger charge is 2.06. The summed E-state index contributed by atoms with van der Waals surface area (Å²) in [5, 5.41) is 2.33. The van der Waals surface area contributed by atoms with Crippen molar-refractivity contribution < 1.29 is 4.79 Å². The first kappa shape index (κ1) is 14.6. The van der Waals surface area contributed by atoms with Gasteiger partial charge in [0.15, 0.2) is 5.78 Å². The lowest BCUT2D eigenvalue weighted by atomic mass is 10.0. The predicted molar refractivity (Wildman–Crippen MR) is 88.1 cm³/mol. The molecule has 100 valence electrons. The van der Waals surface area contributed by atoms with E-state index in [1.165, 1.54) is 11.8 Å². The van der Waals surface area contributed by atoms with Crippen molar-refractivity contribution in [2.75, 3.05) is 5.75 Å². The van der Waals surface area contributed by atoms with E-state index >= 15 is 0 Å². The Bertz CT molecular complexity index is 553. The van der Waals surface area contributed by atoms with E-state index in [2.05, 4.69) is 26.9 Å². The lowest BCUT2D eigenvalue weighted by Crippen LogP contribution is -1.98. The minimum atomic E-state index is 0.261. The van der Waals surface area contributed by atoms with Crippen LogP contribution in [-0.4, -0.2) is 11.5 Å². The Hall–Kier alpha value is -0.800. The molecule has 2 aromatic carbocycles. The quantitative estimate of drug-likeness (QED) is 0.481. The number of fused-ring (bicyclic) bond motifs is 1. The molecule has 0 heterocycles. The zero-order valence-corrected chi connectivity index (χ0v) is 13.2. The second kappa shape index (κ2) is 7.71. The molecule has 19 heavy (non-hydrogen) atoms. The first-order valence-corrected chi connectivity index (χ1v) is 9.39. The smallest absolute Gasteiger partial charge is 0.162 e. The largest absolute Gasteiger partial charge is 0.294 e. The second-order valence-corrected chi connectivity index (χ2v) is 6.61. The van der Waals surface area contributed by atoms with E-state index in [-0.39, 0.29) is 5.78 Å². The Morgan fingerprint density at radius 3 is 2.58 bits per heavy atom. The average molecular weight is 337 g/mol. The molecule has 0 unspecified atom stereocenters. The maximum atomic E-state index is 12.1. The molecule has 0 amide bonds.